The molecule has 0 radical (unpaired) electrons. The van der Waals surface area contributed by atoms with Gasteiger partial charge in [0.05, 0.1) is 14.2 Å². The van der Waals surface area contributed by atoms with E-state index in [0.29, 0.717) is 13.0 Å². The maximum Gasteiger partial charge on any atom is 0.222 e. The predicted octanol–water partition coefficient (Wildman–Crippen LogP) is 1.98. The molecule has 1 N–H and O–H groups in total. The maximum absolute atomic E-state index is 11.8. The van der Waals surface area contributed by atoms with Gasteiger partial charge in [0.1, 0.15) is 23.1 Å². The second kappa shape index (κ2) is 9.93. The fraction of sp³-hybridized carbons (Fsp3) is 0.591. The minimum absolute atomic E-state index is 0.00680. The Hall–Kier alpha value is -2.61. The van der Waals surface area contributed by atoms with E-state index in [2.05, 4.69) is 31.0 Å². The summed E-state index contributed by atoms with van der Waals surface area (Å²) >= 11 is 0. The first-order chi connectivity index (χ1) is 14.4. The molecule has 2 aromatic rings. The van der Waals surface area contributed by atoms with E-state index >= 15 is 0 Å². The molecule has 30 heavy (non-hydrogen) atoms. The van der Waals surface area contributed by atoms with Crippen molar-refractivity contribution in [1.82, 2.24) is 25.0 Å². The number of carbonyl (C=O) groups excluding carboxylic acids is 1. The first kappa shape index (κ1) is 22.1. The molecule has 164 valence electrons. The Bertz CT molecular complexity index is 878. The summed E-state index contributed by atoms with van der Waals surface area (Å²) in [5.74, 6) is 3.74. The average molecular weight is 416 g/mol. The van der Waals surface area contributed by atoms with E-state index < -0.39 is 0 Å². The molecule has 0 spiro atoms. The monoisotopic (exact) mass is 415 g/mol. The molecule has 1 aliphatic rings. The highest BCUT2D eigenvalue weighted by atomic mass is 16.5. The summed E-state index contributed by atoms with van der Waals surface area (Å²) in [4.78, 5) is 14.2. The first-order valence-corrected chi connectivity index (χ1v) is 10.6. The molecule has 0 saturated carbocycles. The molecule has 0 saturated heterocycles. The van der Waals surface area contributed by atoms with Crippen LogP contribution in [0.4, 0.5) is 0 Å². The normalized spacial score (nSPS) is 14.3. The Morgan fingerprint density at radius 3 is 2.67 bits per heavy atom. The molecule has 3 rings (SSSR count). The van der Waals surface area contributed by atoms with E-state index in [9.17, 15) is 4.79 Å². The Balaban J connectivity index is 1.63. The molecule has 0 fully saturated rings. The van der Waals surface area contributed by atoms with Crippen molar-refractivity contribution < 1.29 is 14.3 Å². The average Bonchev–Trinajstić information content (AvgIpc) is 3.00. The van der Waals surface area contributed by atoms with E-state index in [1.54, 1.807) is 14.2 Å². The third-order valence-electron chi connectivity index (χ3n) is 5.62. The molecular formula is C22H33N5O3. The summed E-state index contributed by atoms with van der Waals surface area (Å²) in [6.07, 6.45) is 1.54. The van der Waals surface area contributed by atoms with Gasteiger partial charge >= 0.3 is 0 Å². The lowest BCUT2D eigenvalue weighted by Gasteiger charge is -2.22. The summed E-state index contributed by atoms with van der Waals surface area (Å²) in [6.45, 7) is 9.87. The number of hydrogen-bond donors (Lipinski definition) is 1. The minimum Gasteiger partial charge on any atom is -0.496 e. The first-order valence-electron chi connectivity index (χ1n) is 10.6. The quantitative estimate of drug-likeness (QED) is 0.710. The van der Waals surface area contributed by atoms with Crippen LogP contribution in [-0.2, 0) is 30.7 Å². The summed E-state index contributed by atoms with van der Waals surface area (Å²) in [5.41, 5.74) is 2.18. The Morgan fingerprint density at radius 2 is 1.97 bits per heavy atom. The van der Waals surface area contributed by atoms with Gasteiger partial charge < -0.3 is 19.4 Å². The van der Waals surface area contributed by atoms with Crippen molar-refractivity contribution in [1.29, 1.82) is 0 Å². The molecule has 8 nitrogen and oxygen atoms in total. The molecule has 1 aliphatic heterocycles. The summed E-state index contributed by atoms with van der Waals surface area (Å²) in [6, 6.07) is 4.09. The lowest BCUT2D eigenvalue weighted by Crippen LogP contribution is -2.30. The van der Waals surface area contributed by atoms with Crippen molar-refractivity contribution in [2.45, 2.75) is 46.7 Å². The van der Waals surface area contributed by atoms with E-state index in [4.69, 9.17) is 9.47 Å². The highest BCUT2D eigenvalue weighted by molar-refractivity contribution is 5.77. The smallest absolute Gasteiger partial charge is 0.222 e. The van der Waals surface area contributed by atoms with Gasteiger partial charge in [-0.2, -0.15) is 0 Å². The van der Waals surface area contributed by atoms with Gasteiger partial charge in [-0.15, -0.1) is 10.2 Å². The fourth-order valence-corrected chi connectivity index (χ4v) is 3.87. The van der Waals surface area contributed by atoms with Crippen LogP contribution in [-0.4, -0.2) is 59.4 Å². The highest BCUT2D eigenvalue weighted by Gasteiger charge is 2.21. The van der Waals surface area contributed by atoms with Crippen molar-refractivity contribution in [3.8, 4) is 11.5 Å². The van der Waals surface area contributed by atoms with Gasteiger partial charge in [0.15, 0.2) is 0 Å². The summed E-state index contributed by atoms with van der Waals surface area (Å²) in [5, 5.41) is 11.7. The van der Waals surface area contributed by atoms with Gasteiger partial charge in [-0.3, -0.25) is 9.69 Å². The van der Waals surface area contributed by atoms with Crippen LogP contribution in [0.15, 0.2) is 12.1 Å². The number of aromatic nitrogens is 3. The third kappa shape index (κ3) is 4.92. The van der Waals surface area contributed by atoms with Crippen molar-refractivity contribution in [2.75, 3.05) is 33.9 Å². The summed E-state index contributed by atoms with van der Waals surface area (Å²) < 4.78 is 13.3. The zero-order chi connectivity index (χ0) is 21.7. The standard InChI is InChI=1S/C22H33N5O3/c1-15(2)22(28)23-10-8-19-24-25-20-9-11-26(12-13-27(19)20)14-17-6-7-18(29-4)16(3)21(17)30-5/h6-7,15H,8-14H2,1-5H3,(H,23,28). The number of ether oxygens (including phenoxy) is 2. The van der Waals surface area contributed by atoms with Crippen LogP contribution in [0.2, 0.25) is 0 Å². The molecule has 1 amide bonds. The van der Waals surface area contributed by atoms with E-state index in [-0.39, 0.29) is 11.8 Å². The molecule has 0 aliphatic carbocycles. The van der Waals surface area contributed by atoms with E-state index in [1.165, 1.54) is 0 Å². The second-order valence-electron chi connectivity index (χ2n) is 7.99. The van der Waals surface area contributed by atoms with Crippen molar-refractivity contribution >= 4 is 5.91 Å². The van der Waals surface area contributed by atoms with Crippen molar-refractivity contribution in [2.24, 2.45) is 5.92 Å². The van der Waals surface area contributed by atoms with Gasteiger partial charge in [0, 0.05) is 62.6 Å². The van der Waals surface area contributed by atoms with Gasteiger partial charge in [-0.1, -0.05) is 19.9 Å². The molecule has 0 bridgehead atoms. The molecule has 2 heterocycles. The van der Waals surface area contributed by atoms with Gasteiger partial charge in [-0.25, -0.2) is 0 Å². The molecule has 0 unspecified atom stereocenters. The number of nitrogens with zero attached hydrogens (tertiary/aromatic N) is 4. The molecule has 0 atom stereocenters. The van der Waals surface area contributed by atoms with Gasteiger partial charge in [-0.05, 0) is 13.0 Å². The fourth-order valence-electron chi connectivity index (χ4n) is 3.87. The van der Waals surface area contributed by atoms with Crippen molar-refractivity contribution in [3.05, 3.63) is 34.9 Å². The van der Waals surface area contributed by atoms with Gasteiger partial charge in [0.25, 0.3) is 0 Å². The highest BCUT2D eigenvalue weighted by Crippen LogP contribution is 2.32. The lowest BCUT2D eigenvalue weighted by molar-refractivity contribution is -0.123. The Kier molecular flexibility index (Phi) is 7.31. The number of methoxy groups -OCH3 is 2. The van der Waals surface area contributed by atoms with Crippen LogP contribution in [0.25, 0.3) is 0 Å². The molecule has 1 aromatic heterocycles. The zero-order valence-electron chi connectivity index (χ0n) is 18.7. The number of fused-ring (bicyclic) bond motifs is 1. The number of nitrogens with one attached hydrogen (secondary N) is 1. The van der Waals surface area contributed by atoms with Crippen LogP contribution in [0.5, 0.6) is 11.5 Å². The van der Waals surface area contributed by atoms with Crippen LogP contribution in [0, 0.1) is 12.8 Å². The summed E-state index contributed by atoms with van der Waals surface area (Å²) in [7, 11) is 3.39. The van der Waals surface area contributed by atoms with E-state index in [0.717, 1.165) is 66.9 Å². The minimum atomic E-state index is -0.00680. The number of carbonyl (C=O) groups is 1. The van der Waals surface area contributed by atoms with Crippen molar-refractivity contribution in [3.63, 3.8) is 0 Å². The van der Waals surface area contributed by atoms with E-state index in [1.807, 2.05) is 26.8 Å². The van der Waals surface area contributed by atoms with Crippen LogP contribution < -0.4 is 14.8 Å². The zero-order valence-corrected chi connectivity index (χ0v) is 18.7. The largest absolute Gasteiger partial charge is 0.496 e. The topological polar surface area (TPSA) is 81.5 Å². The maximum atomic E-state index is 11.8. The lowest BCUT2D eigenvalue weighted by atomic mass is 10.1. The third-order valence-corrected chi connectivity index (χ3v) is 5.62. The van der Waals surface area contributed by atoms with Gasteiger partial charge in [0.2, 0.25) is 5.91 Å². The SMILES string of the molecule is COc1ccc(CN2CCc3nnc(CCNC(=O)C(C)C)n3CC2)c(OC)c1C. The number of rotatable bonds is 8. The van der Waals surface area contributed by atoms with Crippen LogP contribution in [0.3, 0.4) is 0 Å². The predicted molar refractivity (Wildman–Crippen MR) is 115 cm³/mol. The number of hydrogen-bond acceptors (Lipinski definition) is 6. The second-order valence-corrected chi connectivity index (χ2v) is 7.99. The number of amides is 1. The van der Waals surface area contributed by atoms with Crippen LogP contribution in [0.1, 0.15) is 36.6 Å². The number of benzene rings is 1. The molecule has 1 aromatic carbocycles. The van der Waals surface area contributed by atoms with Crippen LogP contribution >= 0.6 is 0 Å². The Morgan fingerprint density at radius 1 is 1.17 bits per heavy atom. The molecular weight excluding hydrogens is 382 g/mol. The Labute approximate surface area is 178 Å². The molecule has 8 heteroatoms.